The molecule has 0 aromatic heterocycles. The van der Waals surface area contributed by atoms with Crippen LogP contribution in [0.2, 0.25) is 0 Å². The highest BCUT2D eigenvalue weighted by Gasteiger charge is 2.36. The molecule has 2 saturated heterocycles. The summed E-state index contributed by atoms with van der Waals surface area (Å²) in [6.45, 7) is 7.44. The molecule has 4 nitrogen and oxygen atoms in total. The number of piperazine rings is 1. The Kier molecular flexibility index (Phi) is 8.97. The predicted octanol–water partition coefficient (Wildman–Crippen LogP) is 6.42. The first-order valence-electron chi connectivity index (χ1n) is 14.2. The monoisotopic (exact) mass is 572 g/mol. The van der Waals surface area contributed by atoms with Crippen LogP contribution >= 0.6 is 0 Å². The van der Waals surface area contributed by atoms with Crippen molar-refractivity contribution in [2.24, 2.45) is 0 Å². The van der Waals surface area contributed by atoms with Crippen LogP contribution in [0.25, 0.3) is 0 Å². The third-order valence-electron chi connectivity index (χ3n) is 8.39. The fraction of sp³-hybridized carbons (Fsp3) is 0.438. The van der Waals surface area contributed by atoms with Crippen molar-refractivity contribution >= 4 is 5.69 Å². The Hall–Kier alpha value is -3.01. The molecule has 0 bridgehead atoms. The van der Waals surface area contributed by atoms with Crippen molar-refractivity contribution in [3.8, 4) is 0 Å². The van der Waals surface area contributed by atoms with Crippen molar-refractivity contribution in [3.63, 3.8) is 0 Å². The molecule has 2 fully saturated rings. The van der Waals surface area contributed by atoms with Gasteiger partial charge in [0.2, 0.25) is 0 Å². The maximum atomic E-state index is 14.1. The van der Waals surface area contributed by atoms with E-state index >= 15 is 0 Å². The lowest BCUT2D eigenvalue weighted by atomic mass is 9.95. The highest BCUT2D eigenvalue weighted by Crippen LogP contribution is 2.36. The average Bonchev–Trinajstić information content (AvgIpc) is 3.16. The zero-order chi connectivity index (χ0) is 29.1. The smallest absolute Gasteiger partial charge is 0.370 e. The summed E-state index contributed by atoms with van der Waals surface area (Å²) < 4.78 is 69.7. The molecule has 0 N–H and O–H groups in total. The molecular weight excluding hydrogens is 535 g/mol. The van der Waals surface area contributed by atoms with Crippen LogP contribution in [0.1, 0.15) is 41.6 Å². The van der Waals surface area contributed by atoms with Crippen LogP contribution in [0.5, 0.6) is 0 Å². The van der Waals surface area contributed by atoms with E-state index in [4.69, 9.17) is 0 Å². The number of benzene rings is 3. The first kappa shape index (κ1) is 29.5. The minimum Gasteiger partial charge on any atom is -0.370 e. The molecule has 3 aromatic rings. The van der Waals surface area contributed by atoms with Crippen LogP contribution in [0.15, 0.2) is 66.7 Å². The highest BCUT2D eigenvalue weighted by molar-refractivity contribution is 5.52. The van der Waals surface area contributed by atoms with Crippen LogP contribution in [0.4, 0.5) is 27.6 Å². The third-order valence-corrected chi connectivity index (χ3v) is 8.39. The molecule has 1 unspecified atom stereocenters. The Balaban J connectivity index is 1.37. The summed E-state index contributed by atoms with van der Waals surface area (Å²) in [6, 6.07) is 16.9. The van der Waals surface area contributed by atoms with Gasteiger partial charge in [-0.2, -0.15) is 13.2 Å². The predicted molar refractivity (Wildman–Crippen MR) is 152 cm³/mol. The van der Waals surface area contributed by atoms with E-state index in [1.54, 1.807) is 36.4 Å². The van der Waals surface area contributed by atoms with E-state index < -0.39 is 11.7 Å². The van der Waals surface area contributed by atoms with Gasteiger partial charge in [0.05, 0.1) is 11.6 Å². The van der Waals surface area contributed by atoms with Crippen molar-refractivity contribution in [3.05, 3.63) is 101 Å². The van der Waals surface area contributed by atoms with Gasteiger partial charge >= 0.3 is 6.18 Å². The van der Waals surface area contributed by atoms with Crippen LogP contribution in [0, 0.1) is 11.6 Å². The standard InChI is InChI=1S/C32H37F5N4/c1-23-21-41(31(24-4-8-27(33)9-5-24)25-6-10-28(34)11-7-25)19-18-40(23)22-26-20-29(12-13-30(26)32(35,36)37)39-15-3-14-38(2)16-17-39/h4-13,20,23,31H,3,14-19,21-22H2,1-2H3. The number of alkyl halides is 3. The molecule has 2 aliphatic heterocycles. The molecule has 0 aliphatic carbocycles. The fourth-order valence-electron chi connectivity index (χ4n) is 6.10. The summed E-state index contributed by atoms with van der Waals surface area (Å²) in [6.07, 6.45) is -3.47. The van der Waals surface area contributed by atoms with Gasteiger partial charge in [-0.25, -0.2) is 8.78 Å². The SMILES string of the molecule is CC1CN(C(c2ccc(F)cc2)c2ccc(F)cc2)CCN1Cc1cc(N2CCCN(C)CC2)ccc1C(F)(F)F. The zero-order valence-corrected chi connectivity index (χ0v) is 23.5. The van der Waals surface area contributed by atoms with Gasteiger partial charge < -0.3 is 9.80 Å². The van der Waals surface area contributed by atoms with E-state index in [1.807, 2.05) is 6.92 Å². The number of nitrogens with zero attached hydrogens (tertiary/aromatic N) is 4. The Morgan fingerprint density at radius 3 is 2.00 bits per heavy atom. The van der Waals surface area contributed by atoms with Gasteiger partial charge in [-0.05, 0) is 86.1 Å². The lowest BCUT2D eigenvalue weighted by Gasteiger charge is -2.44. The normalized spacial score (nSPS) is 20.0. The molecule has 0 amide bonds. The molecule has 3 aromatic carbocycles. The van der Waals surface area contributed by atoms with Crippen LogP contribution in [-0.4, -0.2) is 73.6 Å². The Morgan fingerprint density at radius 2 is 1.41 bits per heavy atom. The second-order valence-corrected chi connectivity index (χ2v) is 11.3. The number of anilines is 1. The van der Waals surface area contributed by atoms with Gasteiger partial charge in [-0.15, -0.1) is 0 Å². The molecule has 0 spiro atoms. The molecule has 0 saturated carbocycles. The molecule has 41 heavy (non-hydrogen) atoms. The lowest BCUT2D eigenvalue weighted by molar-refractivity contribution is -0.138. The van der Waals surface area contributed by atoms with Gasteiger partial charge in [-0.1, -0.05) is 24.3 Å². The minimum absolute atomic E-state index is 0.0382. The Morgan fingerprint density at radius 1 is 0.780 bits per heavy atom. The third kappa shape index (κ3) is 7.08. The van der Waals surface area contributed by atoms with Crippen LogP contribution in [0.3, 0.4) is 0 Å². The number of hydrogen-bond donors (Lipinski definition) is 0. The molecule has 5 rings (SSSR count). The summed E-state index contributed by atoms with van der Waals surface area (Å²) in [5, 5.41) is 0. The van der Waals surface area contributed by atoms with Gasteiger partial charge in [0.15, 0.2) is 0 Å². The van der Waals surface area contributed by atoms with Crippen molar-refractivity contribution in [2.75, 3.05) is 57.8 Å². The Bertz CT molecular complexity index is 1250. The molecular formula is C32H37F5N4. The molecule has 0 radical (unpaired) electrons. The van der Waals surface area contributed by atoms with E-state index in [1.165, 1.54) is 30.3 Å². The van der Waals surface area contributed by atoms with Gasteiger partial charge in [0.25, 0.3) is 0 Å². The highest BCUT2D eigenvalue weighted by atomic mass is 19.4. The summed E-state index contributed by atoms with van der Waals surface area (Å²) >= 11 is 0. The summed E-state index contributed by atoms with van der Waals surface area (Å²) in [4.78, 5) is 8.78. The van der Waals surface area contributed by atoms with E-state index in [9.17, 15) is 22.0 Å². The zero-order valence-electron chi connectivity index (χ0n) is 23.5. The maximum Gasteiger partial charge on any atom is 0.416 e. The van der Waals surface area contributed by atoms with E-state index in [0.717, 1.165) is 49.4 Å². The molecule has 220 valence electrons. The summed E-state index contributed by atoms with van der Waals surface area (Å²) in [5.74, 6) is -0.667. The van der Waals surface area contributed by atoms with Crippen molar-refractivity contribution < 1.29 is 22.0 Å². The molecule has 1 atom stereocenters. The van der Waals surface area contributed by atoms with Gasteiger partial charge in [-0.3, -0.25) is 9.80 Å². The second-order valence-electron chi connectivity index (χ2n) is 11.3. The van der Waals surface area contributed by atoms with Crippen LogP contribution in [-0.2, 0) is 12.7 Å². The van der Waals surface area contributed by atoms with E-state index in [2.05, 4.69) is 26.6 Å². The first-order chi connectivity index (χ1) is 19.6. The molecule has 2 heterocycles. The lowest BCUT2D eigenvalue weighted by Crippen LogP contribution is -2.52. The molecule has 2 aliphatic rings. The fourth-order valence-corrected chi connectivity index (χ4v) is 6.10. The summed E-state index contributed by atoms with van der Waals surface area (Å²) in [7, 11) is 2.07. The quantitative estimate of drug-likeness (QED) is 0.316. The Labute approximate surface area is 239 Å². The minimum atomic E-state index is -4.44. The number of hydrogen-bond acceptors (Lipinski definition) is 4. The summed E-state index contributed by atoms with van der Waals surface area (Å²) in [5.41, 5.74) is 2.31. The maximum absolute atomic E-state index is 14.1. The number of likely N-dealkylation sites (N-methyl/N-ethyl adjacent to an activating group) is 1. The van der Waals surface area contributed by atoms with E-state index in [0.29, 0.717) is 25.2 Å². The number of rotatable bonds is 6. The second kappa shape index (κ2) is 12.5. The van der Waals surface area contributed by atoms with Gasteiger partial charge in [0, 0.05) is 57.5 Å². The molecule has 9 heteroatoms. The first-order valence-corrected chi connectivity index (χ1v) is 14.2. The number of halogens is 5. The topological polar surface area (TPSA) is 13.0 Å². The van der Waals surface area contributed by atoms with Crippen LogP contribution < -0.4 is 4.90 Å². The van der Waals surface area contributed by atoms with Gasteiger partial charge in [0.1, 0.15) is 11.6 Å². The average molecular weight is 573 g/mol. The van der Waals surface area contributed by atoms with Crippen molar-refractivity contribution in [1.29, 1.82) is 0 Å². The largest absolute Gasteiger partial charge is 0.416 e. The van der Waals surface area contributed by atoms with Crippen molar-refractivity contribution in [1.82, 2.24) is 14.7 Å². The van der Waals surface area contributed by atoms with E-state index in [-0.39, 0.29) is 30.3 Å². The van der Waals surface area contributed by atoms with Crippen molar-refractivity contribution in [2.45, 2.75) is 38.1 Å².